The van der Waals surface area contributed by atoms with E-state index in [9.17, 15) is 9.90 Å². The fourth-order valence-electron chi connectivity index (χ4n) is 2.78. The molecule has 0 aliphatic heterocycles. The maximum absolute atomic E-state index is 12.0. The van der Waals surface area contributed by atoms with E-state index in [-0.39, 0.29) is 5.97 Å². The molecule has 3 nitrogen and oxygen atoms in total. The van der Waals surface area contributed by atoms with E-state index in [0.717, 1.165) is 25.7 Å². The van der Waals surface area contributed by atoms with Crippen molar-refractivity contribution in [2.75, 3.05) is 6.61 Å². The summed E-state index contributed by atoms with van der Waals surface area (Å²) in [6.07, 6.45) is 4.65. The molecule has 3 heteroatoms. The van der Waals surface area contributed by atoms with E-state index in [1.165, 1.54) is 0 Å². The Labute approximate surface area is 105 Å². The van der Waals surface area contributed by atoms with E-state index in [4.69, 9.17) is 4.74 Å². The molecule has 17 heavy (non-hydrogen) atoms. The lowest BCUT2D eigenvalue weighted by atomic mass is 9.64. The molecule has 2 atom stereocenters. The van der Waals surface area contributed by atoms with E-state index in [2.05, 4.69) is 6.92 Å². The van der Waals surface area contributed by atoms with Crippen molar-refractivity contribution in [1.82, 2.24) is 0 Å². The minimum Gasteiger partial charge on any atom is -0.465 e. The molecule has 0 heterocycles. The minimum absolute atomic E-state index is 0.278. The van der Waals surface area contributed by atoms with Crippen LogP contribution < -0.4 is 0 Å². The highest BCUT2D eigenvalue weighted by Gasteiger charge is 2.51. The van der Waals surface area contributed by atoms with E-state index in [1.54, 1.807) is 6.92 Å². The molecule has 2 unspecified atom stereocenters. The molecule has 1 aliphatic carbocycles. The molecule has 100 valence electrons. The first-order valence-corrected chi connectivity index (χ1v) is 6.77. The normalized spacial score (nSPS) is 30.1. The number of hydrogen-bond donors (Lipinski definition) is 1. The lowest BCUT2D eigenvalue weighted by Crippen LogP contribution is -2.52. The predicted octanol–water partition coefficient (Wildman–Crippen LogP) is 2.91. The summed E-state index contributed by atoms with van der Waals surface area (Å²) in [5.74, 6) is 0.252. The maximum Gasteiger partial charge on any atom is 0.314 e. The van der Waals surface area contributed by atoms with Crippen LogP contribution in [-0.2, 0) is 9.53 Å². The van der Waals surface area contributed by atoms with E-state index >= 15 is 0 Å². The quantitative estimate of drug-likeness (QED) is 0.771. The summed E-state index contributed by atoms with van der Waals surface area (Å²) < 4.78 is 5.10. The Balaban J connectivity index is 2.83. The van der Waals surface area contributed by atoms with Gasteiger partial charge in [-0.05, 0) is 39.5 Å². The second kappa shape index (κ2) is 5.38. The standard InChI is InChI=1S/C14H26O3/c1-5-11-8-7-9-14(16,10-11)13(3,4)12(15)17-6-2/h11,16H,5-10H2,1-4H3. The van der Waals surface area contributed by atoms with E-state index in [0.29, 0.717) is 18.9 Å². The Morgan fingerprint density at radius 3 is 2.65 bits per heavy atom. The van der Waals surface area contributed by atoms with Gasteiger partial charge in [-0.3, -0.25) is 4.79 Å². The average molecular weight is 242 g/mol. The molecule has 0 spiro atoms. The molecular weight excluding hydrogens is 216 g/mol. The maximum atomic E-state index is 12.0. The monoisotopic (exact) mass is 242 g/mol. The van der Waals surface area contributed by atoms with Gasteiger partial charge in [0.1, 0.15) is 0 Å². The second-order valence-electron chi connectivity index (χ2n) is 5.75. The lowest BCUT2D eigenvalue weighted by molar-refractivity contribution is -0.177. The van der Waals surface area contributed by atoms with Crippen molar-refractivity contribution in [2.24, 2.45) is 11.3 Å². The fraction of sp³-hybridized carbons (Fsp3) is 0.929. The SMILES string of the molecule is CCOC(=O)C(C)(C)C1(O)CCCC(CC)C1. The van der Waals surface area contributed by atoms with Gasteiger partial charge in [0.2, 0.25) is 0 Å². The van der Waals surface area contributed by atoms with Crippen LogP contribution in [-0.4, -0.2) is 23.3 Å². The van der Waals surface area contributed by atoms with Crippen molar-refractivity contribution in [3.8, 4) is 0 Å². The molecule has 1 aliphatic rings. The summed E-state index contributed by atoms with van der Waals surface area (Å²) in [7, 11) is 0. The number of ether oxygens (including phenoxy) is 1. The van der Waals surface area contributed by atoms with Crippen LogP contribution in [0.5, 0.6) is 0 Å². The zero-order valence-corrected chi connectivity index (χ0v) is 11.6. The van der Waals surface area contributed by atoms with Gasteiger partial charge in [-0.1, -0.05) is 26.2 Å². The Bertz CT molecular complexity index is 273. The van der Waals surface area contributed by atoms with Crippen LogP contribution in [0.2, 0.25) is 0 Å². The number of carbonyl (C=O) groups excluding carboxylic acids is 1. The largest absolute Gasteiger partial charge is 0.465 e. The Morgan fingerprint density at radius 1 is 1.47 bits per heavy atom. The smallest absolute Gasteiger partial charge is 0.314 e. The van der Waals surface area contributed by atoms with Crippen molar-refractivity contribution >= 4 is 5.97 Å². The number of carbonyl (C=O) groups is 1. The van der Waals surface area contributed by atoms with Crippen LogP contribution in [0.25, 0.3) is 0 Å². The molecule has 0 aromatic rings. The van der Waals surface area contributed by atoms with Crippen LogP contribution in [0.4, 0.5) is 0 Å². The molecule has 1 N–H and O–H groups in total. The third-order valence-corrected chi connectivity index (χ3v) is 4.36. The van der Waals surface area contributed by atoms with Gasteiger partial charge in [0.05, 0.1) is 17.6 Å². The van der Waals surface area contributed by atoms with E-state index < -0.39 is 11.0 Å². The fourth-order valence-corrected chi connectivity index (χ4v) is 2.78. The van der Waals surface area contributed by atoms with Gasteiger partial charge in [-0.25, -0.2) is 0 Å². The van der Waals surface area contributed by atoms with E-state index in [1.807, 2.05) is 13.8 Å². The van der Waals surface area contributed by atoms with Gasteiger partial charge in [0.15, 0.2) is 0 Å². The summed E-state index contributed by atoms with van der Waals surface area (Å²) in [6.45, 7) is 7.93. The van der Waals surface area contributed by atoms with Gasteiger partial charge in [-0.2, -0.15) is 0 Å². The first-order valence-electron chi connectivity index (χ1n) is 6.77. The molecule has 1 saturated carbocycles. The number of rotatable bonds is 4. The zero-order valence-electron chi connectivity index (χ0n) is 11.6. The molecule has 0 amide bonds. The van der Waals surface area contributed by atoms with Crippen LogP contribution in [0.3, 0.4) is 0 Å². The zero-order chi connectivity index (χ0) is 13.1. The summed E-state index contributed by atoms with van der Waals surface area (Å²) >= 11 is 0. The Hall–Kier alpha value is -0.570. The van der Waals surface area contributed by atoms with Gasteiger partial charge >= 0.3 is 5.97 Å². The Kier molecular flexibility index (Phi) is 4.59. The van der Waals surface area contributed by atoms with Crippen LogP contribution in [0, 0.1) is 11.3 Å². The predicted molar refractivity (Wildman–Crippen MR) is 67.6 cm³/mol. The molecule has 1 rings (SSSR count). The summed E-state index contributed by atoms with van der Waals surface area (Å²) in [5.41, 5.74) is -1.71. The van der Waals surface area contributed by atoms with Gasteiger partial charge in [0, 0.05) is 0 Å². The van der Waals surface area contributed by atoms with Gasteiger partial charge < -0.3 is 9.84 Å². The molecule has 0 saturated heterocycles. The van der Waals surface area contributed by atoms with Crippen LogP contribution in [0.15, 0.2) is 0 Å². The summed E-state index contributed by atoms with van der Waals surface area (Å²) in [4.78, 5) is 12.0. The van der Waals surface area contributed by atoms with Gasteiger partial charge in [-0.15, -0.1) is 0 Å². The third kappa shape index (κ3) is 2.82. The highest BCUT2D eigenvalue weighted by Crippen LogP contribution is 2.45. The molecule has 1 fully saturated rings. The van der Waals surface area contributed by atoms with Crippen molar-refractivity contribution in [2.45, 2.75) is 65.4 Å². The highest BCUT2D eigenvalue weighted by molar-refractivity contribution is 5.77. The first-order chi connectivity index (χ1) is 7.87. The average Bonchev–Trinajstić information content (AvgIpc) is 2.29. The van der Waals surface area contributed by atoms with Crippen molar-refractivity contribution in [1.29, 1.82) is 0 Å². The lowest BCUT2D eigenvalue weighted by Gasteiger charge is -2.45. The number of hydrogen-bond acceptors (Lipinski definition) is 3. The first kappa shape index (κ1) is 14.5. The minimum atomic E-state index is -0.905. The number of aliphatic hydroxyl groups is 1. The van der Waals surface area contributed by atoms with Crippen molar-refractivity contribution < 1.29 is 14.6 Å². The summed E-state index contributed by atoms with van der Waals surface area (Å²) in [5, 5.41) is 10.8. The van der Waals surface area contributed by atoms with Crippen LogP contribution >= 0.6 is 0 Å². The van der Waals surface area contributed by atoms with Crippen LogP contribution in [0.1, 0.15) is 59.8 Å². The molecule has 0 radical (unpaired) electrons. The van der Waals surface area contributed by atoms with Crippen molar-refractivity contribution in [3.05, 3.63) is 0 Å². The van der Waals surface area contributed by atoms with Crippen molar-refractivity contribution in [3.63, 3.8) is 0 Å². The molecular formula is C14H26O3. The third-order valence-electron chi connectivity index (χ3n) is 4.36. The Morgan fingerprint density at radius 2 is 2.12 bits per heavy atom. The second-order valence-corrected chi connectivity index (χ2v) is 5.75. The topological polar surface area (TPSA) is 46.5 Å². The highest BCUT2D eigenvalue weighted by atomic mass is 16.5. The van der Waals surface area contributed by atoms with Gasteiger partial charge in [0.25, 0.3) is 0 Å². The molecule has 0 aromatic heterocycles. The molecule has 0 bridgehead atoms. The number of esters is 1. The molecule has 0 aromatic carbocycles. The summed E-state index contributed by atoms with van der Waals surface area (Å²) in [6, 6.07) is 0.